The maximum Gasteiger partial charge on any atom is 0.239 e. The summed E-state index contributed by atoms with van der Waals surface area (Å²) in [6.07, 6.45) is 5.19. The summed E-state index contributed by atoms with van der Waals surface area (Å²) >= 11 is 0. The van der Waals surface area contributed by atoms with E-state index < -0.39 is 0 Å². The molecule has 4 heteroatoms. The molecule has 1 saturated carbocycles. The average molecular weight is 249 g/mol. The van der Waals surface area contributed by atoms with Crippen LogP contribution >= 0.6 is 0 Å². The van der Waals surface area contributed by atoms with Crippen molar-refractivity contribution in [2.75, 3.05) is 23.8 Å². The molecule has 0 aromatic carbocycles. The van der Waals surface area contributed by atoms with Gasteiger partial charge < -0.3 is 15.4 Å². The van der Waals surface area contributed by atoms with Crippen molar-refractivity contribution < 1.29 is 4.74 Å². The first-order valence-corrected chi connectivity index (χ1v) is 6.92. The maximum absolute atomic E-state index is 5.86. The summed E-state index contributed by atoms with van der Waals surface area (Å²) in [4.78, 5) is 6.93. The van der Waals surface area contributed by atoms with Gasteiger partial charge in [-0.3, -0.25) is 0 Å². The van der Waals surface area contributed by atoms with Gasteiger partial charge in [0.2, 0.25) is 5.88 Å². The highest BCUT2D eigenvalue weighted by Gasteiger charge is 2.23. The van der Waals surface area contributed by atoms with Gasteiger partial charge in [0, 0.05) is 12.6 Å². The quantitative estimate of drug-likeness (QED) is 0.871. The van der Waals surface area contributed by atoms with Crippen molar-refractivity contribution >= 4 is 11.5 Å². The summed E-state index contributed by atoms with van der Waals surface area (Å²) in [7, 11) is 0. The second kappa shape index (κ2) is 5.94. The molecular weight excluding hydrogens is 226 g/mol. The van der Waals surface area contributed by atoms with Crippen molar-refractivity contribution in [1.82, 2.24) is 4.98 Å². The normalized spacial score (nSPS) is 15.9. The minimum absolute atomic E-state index is 0.562. The van der Waals surface area contributed by atoms with E-state index in [1.165, 1.54) is 25.7 Å². The lowest BCUT2D eigenvalue weighted by molar-refractivity contribution is 0.328. The molecule has 1 aliphatic carbocycles. The summed E-state index contributed by atoms with van der Waals surface area (Å²) < 4.78 is 5.47. The van der Waals surface area contributed by atoms with Gasteiger partial charge in [-0.15, -0.1) is 0 Å². The summed E-state index contributed by atoms with van der Waals surface area (Å²) in [6.45, 7) is 5.70. The second-order valence-corrected chi connectivity index (χ2v) is 4.72. The van der Waals surface area contributed by atoms with Crippen LogP contribution in [0.15, 0.2) is 12.1 Å². The van der Waals surface area contributed by atoms with Crippen molar-refractivity contribution in [3.63, 3.8) is 0 Å². The number of hydrogen-bond acceptors (Lipinski definition) is 4. The Morgan fingerprint density at radius 1 is 1.33 bits per heavy atom. The first-order chi connectivity index (χ1) is 8.76. The molecule has 18 heavy (non-hydrogen) atoms. The molecule has 1 fully saturated rings. The number of ether oxygens (including phenoxy) is 1. The Hall–Kier alpha value is -1.45. The highest BCUT2D eigenvalue weighted by atomic mass is 16.5. The van der Waals surface area contributed by atoms with E-state index in [1.54, 1.807) is 0 Å². The first-order valence-electron chi connectivity index (χ1n) is 6.92. The van der Waals surface area contributed by atoms with E-state index >= 15 is 0 Å². The number of nitrogens with two attached hydrogens (primary N) is 1. The third kappa shape index (κ3) is 2.68. The van der Waals surface area contributed by atoms with Crippen LogP contribution in [0.3, 0.4) is 0 Å². The number of rotatable bonds is 5. The van der Waals surface area contributed by atoms with E-state index in [0.29, 0.717) is 24.2 Å². The fourth-order valence-electron chi connectivity index (χ4n) is 2.68. The number of pyridine rings is 1. The Morgan fingerprint density at radius 2 is 2.06 bits per heavy atom. The largest absolute Gasteiger partial charge is 0.476 e. The van der Waals surface area contributed by atoms with Crippen LogP contribution in [0.2, 0.25) is 0 Å². The van der Waals surface area contributed by atoms with E-state index in [1.807, 2.05) is 19.1 Å². The van der Waals surface area contributed by atoms with Crippen LogP contribution in [0.5, 0.6) is 5.88 Å². The third-order valence-electron chi connectivity index (χ3n) is 3.56. The van der Waals surface area contributed by atoms with Crippen LogP contribution in [0.4, 0.5) is 11.5 Å². The second-order valence-electron chi connectivity index (χ2n) is 4.72. The third-order valence-corrected chi connectivity index (χ3v) is 3.56. The van der Waals surface area contributed by atoms with Gasteiger partial charge in [0.15, 0.2) is 0 Å². The number of aromatic nitrogens is 1. The molecule has 1 aromatic heterocycles. The maximum atomic E-state index is 5.86. The van der Waals surface area contributed by atoms with Gasteiger partial charge in [-0.2, -0.15) is 4.98 Å². The number of hydrogen-bond donors (Lipinski definition) is 1. The molecule has 4 nitrogen and oxygen atoms in total. The Kier molecular flexibility index (Phi) is 4.28. The van der Waals surface area contributed by atoms with E-state index in [-0.39, 0.29) is 0 Å². The molecule has 0 unspecified atom stereocenters. The highest BCUT2D eigenvalue weighted by Crippen LogP contribution is 2.29. The molecule has 0 spiro atoms. The van der Waals surface area contributed by atoms with Crippen molar-refractivity contribution in [2.24, 2.45) is 0 Å². The lowest BCUT2D eigenvalue weighted by Gasteiger charge is -2.29. The SMILES string of the molecule is CCOc1nc(N(CC)C2CCCC2)ccc1N. The molecule has 2 N–H and O–H groups in total. The van der Waals surface area contributed by atoms with Crippen LogP contribution < -0.4 is 15.4 Å². The van der Waals surface area contributed by atoms with E-state index in [4.69, 9.17) is 10.5 Å². The summed E-state index contributed by atoms with van der Waals surface area (Å²) in [6, 6.07) is 4.52. The minimum Gasteiger partial charge on any atom is -0.476 e. The van der Waals surface area contributed by atoms with E-state index in [2.05, 4.69) is 16.8 Å². The fraction of sp³-hybridized carbons (Fsp3) is 0.643. The van der Waals surface area contributed by atoms with E-state index in [0.717, 1.165) is 12.4 Å². The molecule has 0 saturated heterocycles. The molecule has 2 rings (SSSR count). The minimum atomic E-state index is 0.562. The van der Waals surface area contributed by atoms with Gasteiger partial charge in [-0.05, 0) is 38.8 Å². The molecule has 0 radical (unpaired) electrons. The predicted octanol–water partition coefficient (Wildman–Crippen LogP) is 2.83. The molecule has 0 atom stereocenters. The Labute approximate surface area is 109 Å². The van der Waals surface area contributed by atoms with Crippen molar-refractivity contribution in [3.05, 3.63) is 12.1 Å². The van der Waals surface area contributed by atoms with Crippen LogP contribution in [-0.2, 0) is 0 Å². The molecule has 1 aromatic rings. The molecule has 0 bridgehead atoms. The fourth-order valence-corrected chi connectivity index (χ4v) is 2.68. The summed E-state index contributed by atoms with van der Waals surface area (Å²) in [5.74, 6) is 1.55. The zero-order valence-electron chi connectivity index (χ0n) is 11.4. The Balaban J connectivity index is 2.21. The summed E-state index contributed by atoms with van der Waals surface area (Å²) in [5.41, 5.74) is 6.48. The molecule has 0 amide bonds. The lowest BCUT2D eigenvalue weighted by atomic mass is 10.2. The van der Waals surface area contributed by atoms with Gasteiger partial charge in [0.25, 0.3) is 0 Å². The van der Waals surface area contributed by atoms with Crippen molar-refractivity contribution in [3.8, 4) is 5.88 Å². The van der Waals surface area contributed by atoms with Crippen molar-refractivity contribution in [2.45, 2.75) is 45.6 Å². The lowest BCUT2D eigenvalue weighted by Crippen LogP contribution is -2.33. The molecule has 1 heterocycles. The standard InChI is InChI=1S/C14H23N3O/c1-3-17(11-7-5-6-8-11)13-10-9-12(15)14(16-13)18-4-2/h9-11H,3-8,15H2,1-2H3. The van der Waals surface area contributed by atoms with Gasteiger partial charge in [-0.1, -0.05) is 12.8 Å². The number of anilines is 2. The highest BCUT2D eigenvalue weighted by molar-refractivity contribution is 5.55. The molecule has 100 valence electrons. The van der Waals surface area contributed by atoms with Gasteiger partial charge >= 0.3 is 0 Å². The zero-order chi connectivity index (χ0) is 13.0. The Morgan fingerprint density at radius 3 is 2.67 bits per heavy atom. The van der Waals surface area contributed by atoms with Gasteiger partial charge in [-0.25, -0.2) is 0 Å². The Bertz CT molecular complexity index is 389. The van der Waals surface area contributed by atoms with Crippen molar-refractivity contribution in [1.29, 1.82) is 0 Å². The van der Waals surface area contributed by atoms with Crippen LogP contribution in [0.25, 0.3) is 0 Å². The van der Waals surface area contributed by atoms with Gasteiger partial charge in [0.1, 0.15) is 5.82 Å². The molecular formula is C14H23N3O. The number of nitrogens with zero attached hydrogens (tertiary/aromatic N) is 2. The smallest absolute Gasteiger partial charge is 0.239 e. The summed E-state index contributed by atoms with van der Waals surface area (Å²) in [5, 5.41) is 0. The first kappa shape index (κ1) is 13.0. The molecule has 1 aliphatic rings. The van der Waals surface area contributed by atoms with Crippen LogP contribution in [0.1, 0.15) is 39.5 Å². The molecule has 0 aliphatic heterocycles. The van der Waals surface area contributed by atoms with Crippen LogP contribution in [0, 0.1) is 0 Å². The topological polar surface area (TPSA) is 51.4 Å². The van der Waals surface area contributed by atoms with E-state index in [9.17, 15) is 0 Å². The average Bonchev–Trinajstić information content (AvgIpc) is 2.88. The van der Waals surface area contributed by atoms with Crippen LogP contribution in [-0.4, -0.2) is 24.2 Å². The monoisotopic (exact) mass is 249 g/mol. The zero-order valence-corrected chi connectivity index (χ0v) is 11.4. The van der Waals surface area contributed by atoms with Gasteiger partial charge in [0.05, 0.1) is 12.3 Å². The predicted molar refractivity (Wildman–Crippen MR) is 75.1 cm³/mol. The number of nitrogen functional groups attached to an aromatic ring is 1.